The summed E-state index contributed by atoms with van der Waals surface area (Å²) in [5, 5.41) is 2.78. The summed E-state index contributed by atoms with van der Waals surface area (Å²) in [5.41, 5.74) is 1.18. The lowest BCUT2D eigenvalue weighted by molar-refractivity contribution is -0.885. The number of likely N-dealkylation sites (N-methyl/N-ethyl adjacent to an activating group) is 1. The number of benzene rings is 2. The largest absolute Gasteiger partial charge is 0.326 e. The molecule has 1 atom stereocenters. The summed E-state index contributed by atoms with van der Waals surface area (Å²) in [4.78, 5) is 12.8. The Bertz CT molecular complexity index is 679. The van der Waals surface area contributed by atoms with Crippen LogP contribution in [0, 0.1) is 11.6 Å². The van der Waals surface area contributed by atoms with Gasteiger partial charge < -0.3 is 10.2 Å². The predicted molar refractivity (Wildman–Crippen MR) is 81.9 cm³/mol. The highest BCUT2D eigenvalue weighted by atomic mass is 35.5. The van der Waals surface area contributed by atoms with Crippen molar-refractivity contribution in [2.75, 3.05) is 18.9 Å². The van der Waals surface area contributed by atoms with Crippen molar-refractivity contribution in [3.05, 3.63) is 64.7 Å². The maximum atomic E-state index is 13.1. The first-order valence-corrected chi connectivity index (χ1v) is 7.12. The molecule has 0 heterocycles. The first-order chi connectivity index (χ1) is 10.4. The van der Waals surface area contributed by atoms with Gasteiger partial charge in [0.15, 0.2) is 6.54 Å². The van der Waals surface area contributed by atoms with E-state index in [1.807, 2.05) is 7.05 Å². The van der Waals surface area contributed by atoms with Gasteiger partial charge in [-0.15, -0.1) is 0 Å². The molecule has 0 aliphatic rings. The SMILES string of the molecule is C[NH+](CC(=O)Nc1ccc(F)cc1Cl)Cc1cccc(F)c1. The molecular formula is C16H16ClF2N2O+. The first kappa shape index (κ1) is 16.4. The zero-order chi connectivity index (χ0) is 16.1. The Hall–Kier alpha value is -1.98. The standard InChI is InChI=1S/C16H15ClF2N2O/c1-21(9-11-3-2-4-12(18)7-11)10-16(22)20-15-6-5-13(19)8-14(15)17/h2-8H,9-10H2,1H3,(H,20,22)/p+1. The number of carbonyl (C=O) groups excluding carboxylic acids is 1. The second-order valence-corrected chi connectivity index (χ2v) is 5.52. The molecule has 1 unspecified atom stereocenters. The van der Waals surface area contributed by atoms with Gasteiger partial charge in [-0.2, -0.15) is 0 Å². The Morgan fingerprint density at radius 1 is 1.18 bits per heavy atom. The van der Waals surface area contributed by atoms with Crippen molar-refractivity contribution < 1.29 is 18.5 Å². The average molecular weight is 326 g/mol. The minimum Gasteiger partial charge on any atom is -0.326 e. The molecule has 0 aromatic heterocycles. The van der Waals surface area contributed by atoms with E-state index >= 15 is 0 Å². The molecule has 0 saturated heterocycles. The minimum atomic E-state index is -0.461. The molecule has 2 aromatic carbocycles. The highest BCUT2D eigenvalue weighted by molar-refractivity contribution is 6.33. The molecule has 0 bridgehead atoms. The van der Waals surface area contributed by atoms with E-state index < -0.39 is 5.82 Å². The Morgan fingerprint density at radius 3 is 2.59 bits per heavy atom. The summed E-state index contributed by atoms with van der Waals surface area (Å²) in [6, 6.07) is 10.0. The fourth-order valence-electron chi connectivity index (χ4n) is 2.12. The lowest BCUT2D eigenvalue weighted by Crippen LogP contribution is -3.08. The maximum absolute atomic E-state index is 13.1. The highest BCUT2D eigenvalue weighted by Crippen LogP contribution is 2.21. The average Bonchev–Trinajstić information content (AvgIpc) is 2.41. The van der Waals surface area contributed by atoms with Crippen molar-refractivity contribution in [3.63, 3.8) is 0 Å². The Balaban J connectivity index is 1.91. The van der Waals surface area contributed by atoms with Crippen LogP contribution in [0.4, 0.5) is 14.5 Å². The summed E-state index contributed by atoms with van der Waals surface area (Å²) in [6.07, 6.45) is 0. The molecule has 2 rings (SSSR count). The van der Waals surface area contributed by atoms with E-state index in [2.05, 4.69) is 5.32 Å². The van der Waals surface area contributed by atoms with Crippen LogP contribution in [0.3, 0.4) is 0 Å². The minimum absolute atomic E-state index is 0.149. The van der Waals surface area contributed by atoms with Crippen LogP contribution in [0.2, 0.25) is 5.02 Å². The Kier molecular flexibility index (Phi) is 5.46. The maximum Gasteiger partial charge on any atom is 0.279 e. The second-order valence-electron chi connectivity index (χ2n) is 5.11. The van der Waals surface area contributed by atoms with Crippen LogP contribution in [0.1, 0.15) is 5.56 Å². The summed E-state index contributed by atoms with van der Waals surface area (Å²) >= 11 is 5.85. The third-order valence-corrected chi connectivity index (χ3v) is 3.38. The van der Waals surface area contributed by atoms with Crippen molar-refractivity contribution in [1.29, 1.82) is 0 Å². The fraction of sp³-hybridized carbons (Fsp3) is 0.188. The van der Waals surface area contributed by atoms with Gasteiger partial charge in [0.05, 0.1) is 17.8 Å². The van der Waals surface area contributed by atoms with Gasteiger partial charge in [0.2, 0.25) is 0 Å². The van der Waals surface area contributed by atoms with Crippen LogP contribution in [0.15, 0.2) is 42.5 Å². The van der Waals surface area contributed by atoms with Crippen LogP contribution < -0.4 is 10.2 Å². The van der Waals surface area contributed by atoms with Crippen LogP contribution in [0.5, 0.6) is 0 Å². The van der Waals surface area contributed by atoms with Crippen LogP contribution in [-0.2, 0) is 11.3 Å². The number of rotatable bonds is 5. The quantitative estimate of drug-likeness (QED) is 0.869. The smallest absolute Gasteiger partial charge is 0.279 e. The van der Waals surface area contributed by atoms with E-state index in [9.17, 15) is 13.6 Å². The number of amides is 1. The van der Waals surface area contributed by atoms with Crippen molar-refractivity contribution in [2.45, 2.75) is 6.54 Å². The number of halogens is 3. The molecule has 0 aliphatic carbocycles. The summed E-state index contributed by atoms with van der Waals surface area (Å²) in [7, 11) is 1.83. The highest BCUT2D eigenvalue weighted by Gasteiger charge is 2.13. The van der Waals surface area contributed by atoms with Crippen molar-refractivity contribution in [2.24, 2.45) is 0 Å². The van der Waals surface area contributed by atoms with Gasteiger partial charge in [0.25, 0.3) is 5.91 Å². The molecule has 3 nitrogen and oxygen atoms in total. The van der Waals surface area contributed by atoms with Gasteiger partial charge in [0.1, 0.15) is 18.2 Å². The third-order valence-electron chi connectivity index (χ3n) is 3.06. The van der Waals surface area contributed by atoms with E-state index in [-0.39, 0.29) is 23.3 Å². The number of anilines is 1. The Labute approximate surface area is 132 Å². The molecular weight excluding hydrogens is 310 g/mol. The van der Waals surface area contributed by atoms with Gasteiger partial charge in [0, 0.05) is 5.56 Å². The van der Waals surface area contributed by atoms with Crippen LogP contribution in [-0.4, -0.2) is 19.5 Å². The molecule has 22 heavy (non-hydrogen) atoms. The molecule has 2 aromatic rings. The normalized spacial score (nSPS) is 12.0. The molecule has 0 fully saturated rings. The van der Waals surface area contributed by atoms with E-state index in [0.717, 1.165) is 16.5 Å². The molecule has 2 N–H and O–H groups in total. The van der Waals surface area contributed by atoms with E-state index in [1.54, 1.807) is 12.1 Å². The third kappa shape index (κ3) is 4.79. The predicted octanol–water partition coefficient (Wildman–Crippen LogP) is 2.27. The molecule has 116 valence electrons. The summed E-state index contributed by atoms with van der Waals surface area (Å²) in [6.45, 7) is 0.701. The van der Waals surface area contributed by atoms with Gasteiger partial charge >= 0.3 is 0 Å². The van der Waals surface area contributed by atoms with Crippen molar-refractivity contribution >= 4 is 23.2 Å². The number of quaternary nitrogens is 1. The zero-order valence-corrected chi connectivity index (χ0v) is 12.8. The van der Waals surface area contributed by atoms with Gasteiger partial charge in [-0.05, 0) is 30.3 Å². The lowest BCUT2D eigenvalue weighted by atomic mass is 10.2. The molecule has 1 amide bonds. The molecule has 6 heteroatoms. The number of carbonyl (C=O) groups is 1. The van der Waals surface area contributed by atoms with Gasteiger partial charge in [-0.3, -0.25) is 4.79 Å². The molecule has 0 radical (unpaired) electrons. The fourth-order valence-corrected chi connectivity index (χ4v) is 2.33. The van der Waals surface area contributed by atoms with E-state index in [4.69, 9.17) is 11.6 Å². The molecule has 0 aliphatic heterocycles. The number of nitrogens with one attached hydrogen (secondary N) is 2. The zero-order valence-electron chi connectivity index (χ0n) is 12.0. The molecule has 0 spiro atoms. The second kappa shape index (κ2) is 7.33. The van der Waals surface area contributed by atoms with Gasteiger partial charge in [-0.1, -0.05) is 23.7 Å². The van der Waals surface area contributed by atoms with Crippen molar-refractivity contribution in [3.8, 4) is 0 Å². The molecule has 0 saturated carbocycles. The first-order valence-electron chi connectivity index (χ1n) is 6.74. The Morgan fingerprint density at radius 2 is 1.91 bits per heavy atom. The topological polar surface area (TPSA) is 33.5 Å². The van der Waals surface area contributed by atoms with E-state index in [1.165, 1.54) is 24.3 Å². The van der Waals surface area contributed by atoms with E-state index in [0.29, 0.717) is 12.2 Å². The summed E-state index contributed by atoms with van der Waals surface area (Å²) in [5.74, 6) is -1.01. The van der Waals surface area contributed by atoms with Crippen LogP contribution >= 0.6 is 11.6 Å². The van der Waals surface area contributed by atoms with Gasteiger partial charge in [-0.25, -0.2) is 8.78 Å². The van der Waals surface area contributed by atoms with Crippen molar-refractivity contribution in [1.82, 2.24) is 0 Å². The number of hydrogen-bond donors (Lipinski definition) is 2. The monoisotopic (exact) mass is 325 g/mol. The number of hydrogen-bond acceptors (Lipinski definition) is 1. The lowest BCUT2D eigenvalue weighted by Gasteiger charge is -2.14. The van der Waals surface area contributed by atoms with Crippen LogP contribution in [0.25, 0.3) is 0 Å². The summed E-state index contributed by atoms with van der Waals surface area (Å²) < 4.78 is 26.0.